The molecule has 0 radical (unpaired) electrons. The lowest BCUT2D eigenvalue weighted by molar-refractivity contribution is 0.999. The highest BCUT2D eigenvalue weighted by molar-refractivity contribution is 7.09. The smallest absolute Gasteiger partial charge is 0.137 e. The molecule has 0 unspecified atom stereocenters. The highest BCUT2D eigenvalue weighted by atomic mass is 35.5. The second-order valence-electron chi connectivity index (χ2n) is 3.58. The first kappa shape index (κ1) is 12.3. The van der Waals surface area contributed by atoms with Gasteiger partial charge in [0.05, 0.1) is 6.54 Å². The standard InChI is InChI=1S/C11H13ClN4S/c1-3-8-10(12)14-6-15-11(8)13-4-9-16-7(2)5-17-9/h5-6H,3-4H2,1-2H3,(H,13,14,15). The SMILES string of the molecule is CCc1c(Cl)ncnc1NCc1nc(C)cs1. The molecule has 90 valence electrons. The molecular formula is C11H13ClN4S. The van der Waals surface area contributed by atoms with Crippen LogP contribution in [0.4, 0.5) is 5.82 Å². The summed E-state index contributed by atoms with van der Waals surface area (Å²) in [4.78, 5) is 12.6. The lowest BCUT2D eigenvalue weighted by Gasteiger charge is -2.08. The van der Waals surface area contributed by atoms with Gasteiger partial charge in [0.15, 0.2) is 0 Å². The maximum atomic E-state index is 6.01. The highest BCUT2D eigenvalue weighted by Crippen LogP contribution is 2.21. The van der Waals surface area contributed by atoms with E-state index in [-0.39, 0.29) is 0 Å². The molecule has 4 nitrogen and oxygen atoms in total. The van der Waals surface area contributed by atoms with Crippen LogP contribution in [0.3, 0.4) is 0 Å². The van der Waals surface area contributed by atoms with Crippen molar-refractivity contribution >= 4 is 28.8 Å². The zero-order chi connectivity index (χ0) is 12.3. The summed E-state index contributed by atoms with van der Waals surface area (Å²) >= 11 is 7.65. The topological polar surface area (TPSA) is 50.7 Å². The molecule has 2 heterocycles. The molecule has 0 aliphatic carbocycles. The molecule has 0 amide bonds. The van der Waals surface area contributed by atoms with Crippen LogP contribution in [-0.2, 0) is 13.0 Å². The monoisotopic (exact) mass is 268 g/mol. The van der Waals surface area contributed by atoms with E-state index >= 15 is 0 Å². The summed E-state index contributed by atoms with van der Waals surface area (Å²) in [5, 5.41) is 6.83. The molecule has 0 aliphatic rings. The van der Waals surface area contributed by atoms with Crippen LogP contribution >= 0.6 is 22.9 Å². The van der Waals surface area contributed by atoms with Gasteiger partial charge in [-0.15, -0.1) is 11.3 Å². The molecule has 0 saturated carbocycles. The van der Waals surface area contributed by atoms with Crippen LogP contribution in [0.5, 0.6) is 0 Å². The molecular weight excluding hydrogens is 256 g/mol. The molecule has 17 heavy (non-hydrogen) atoms. The van der Waals surface area contributed by atoms with E-state index < -0.39 is 0 Å². The summed E-state index contributed by atoms with van der Waals surface area (Å²) in [6.45, 7) is 4.68. The molecule has 1 N–H and O–H groups in total. The second-order valence-corrected chi connectivity index (χ2v) is 4.88. The lowest BCUT2D eigenvalue weighted by atomic mass is 10.2. The van der Waals surface area contributed by atoms with Gasteiger partial charge in [-0.1, -0.05) is 18.5 Å². The maximum absolute atomic E-state index is 6.01. The summed E-state index contributed by atoms with van der Waals surface area (Å²) in [5.41, 5.74) is 1.99. The molecule has 0 aromatic carbocycles. The fraction of sp³-hybridized carbons (Fsp3) is 0.364. The van der Waals surface area contributed by atoms with Crippen LogP contribution in [-0.4, -0.2) is 15.0 Å². The number of nitrogens with zero attached hydrogens (tertiary/aromatic N) is 3. The van der Waals surface area contributed by atoms with E-state index in [1.165, 1.54) is 6.33 Å². The highest BCUT2D eigenvalue weighted by Gasteiger charge is 2.08. The van der Waals surface area contributed by atoms with E-state index in [1.54, 1.807) is 11.3 Å². The Kier molecular flexibility index (Phi) is 3.91. The molecule has 2 rings (SSSR count). The third kappa shape index (κ3) is 2.92. The van der Waals surface area contributed by atoms with Crippen LogP contribution in [0.2, 0.25) is 5.15 Å². The minimum atomic E-state index is 0.514. The molecule has 6 heteroatoms. The third-order valence-electron chi connectivity index (χ3n) is 2.32. The van der Waals surface area contributed by atoms with Gasteiger partial charge in [-0.3, -0.25) is 0 Å². The Morgan fingerprint density at radius 2 is 2.24 bits per heavy atom. The van der Waals surface area contributed by atoms with Gasteiger partial charge in [-0.25, -0.2) is 15.0 Å². The molecule has 0 aliphatic heterocycles. The third-order valence-corrected chi connectivity index (χ3v) is 3.61. The number of rotatable bonds is 4. The first-order valence-electron chi connectivity index (χ1n) is 5.35. The fourth-order valence-corrected chi connectivity index (χ4v) is 2.48. The van der Waals surface area contributed by atoms with Crippen molar-refractivity contribution in [1.82, 2.24) is 15.0 Å². The van der Waals surface area contributed by atoms with E-state index in [1.807, 2.05) is 19.2 Å². The second kappa shape index (κ2) is 5.42. The average molecular weight is 269 g/mol. The van der Waals surface area contributed by atoms with Crippen molar-refractivity contribution in [3.8, 4) is 0 Å². The Bertz CT molecular complexity index is 512. The average Bonchev–Trinajstić information content (AvgIpc) is 2.72. The van der Waals surface area contributed by atoms with Crippen LogP contribution in [0.1, 0.15) is 23.2 Å². The van der Waals surface area contributed by atoms with E-state index in [2.05, 4.69) is 20.3 Å². The van der Waals surface area contributed by atoms with Crippen molar-refractivity contribution in [2.75, 3.05) is 5.32 Å². The van der Waals surface area contributed by atoms with Crippen molar-refractivity contribution in [3.05, 3.63) is 33.1 Å². The fourth-order valence-electron chi connectivity index (χ4n) is 1.50. The Hall–Kier alpha value is -1.20. The molecule has 0 atom stereocenters. The molecule has 0 fully saturated rings. The van der Waals surface area contributed by atoms with Gasteiger partial charge in [-0.2, -0.15) is 0 Å². The van der Waals surface area contributed by atoms with Gasteiger partial charge in [-0.05, 0) is 13.3 Å². The van der Waals surface area contributed by atoms with Crippen molar-refractivity contribution in [2.45, 2.75) is 26.8 Å². The van der Waals surface area contributed by atoms with Gasteiger partial charge in [0, 0.05) is 16.6 Å². The summed E-state index contributed by atoms with van der Waals surface area (Å²) in [6, 6.07) is 0. The Balaban J connectivity index is 2.11. The van der Waals surface area contributed by atoms with E-state index in [9.17, 15) is 0 Å². The molecule has 2 aromatic rings. The van der Waals surface area contributed by atoms with Crippen LogP contribution in [0.25, 0.3) is 0 Å². The molecule has 0 saturated heterocycles. The van der Waals surface area contributed by atoms with Crippen molar-refractivity contribution in [2.24, 2.45) is 0 Å². The summed E-state index contributed by atoms with van der Waals surface area (Å²) in [5.74, 6) is 0.792. The first-order valence-corrected chi connectivity index (χ1v) is 6.60. The number of anilines is 1. The largest absolute Gasteiger partial charge is 0.363 e. The number of thiazole rings is 1. The number of hydrogen-bond donors (Lipinski definition) is 1. The summed E-state index contributed by atoms with van der Waals surface area (Å²) in [6.07, 6.45) is 2.27. The van der Waals surface area contributed by atoms with E-state index in [0.29, 0.717) is 11.7 Å². The zero-order valence-electron chi connectivity index (χ0n) is 9.70. The quantitative estimate of drug-likeness (QED) is 0.866. The Morgan fingerprint density at radius 1 is 1.41 bits per heavy atom. The van der Waals surface area contributed by atoms with Crippen molar-refractivity contribution < 1.29 is 0 Å². The first-order chi connectivity index (χ1) is 8.20. The summed E-state index contributed by atoms with van der Waals surface area (Å²) < 4.78 is 0. The van der Waals surface area contributed by atoms with E-state index in [4.69, 9.17) is 11.6 Å². The molecule has 0 bridgehead atoms. The number of halogens is 1. The number of nitrogens with one attached hydrogen (secondary N) is 1. The lowest BCUT2D eigenvalue weighted by Crippen LogP contribution is -2.05. The Labute approximate surface area is 109 Å². The zero-order valence-corrected chi connectivity index (χ0v) is 11.3. The van der Waals surface area contributed by atoms with Gasteiger partial charge in [0.1, 0.15) is 22.3 Å². The minimum absolute atomic E-state index is 0.514. The van der Waals surface area contributed by atoms with Crippen LogP contribution in [0.15, 0.2) is 11.7 Å². The van der Waals surface area contributed by atoms with Gasteiger partial charge in [0.25, 0.3) is 0 Å². The molecule has 2 aromatic heterocycles. The predicted octanol–water partition coefficient (Wildman–Crippen LogP) is 3.07. The van der Waals surface area contributed by atoms with Crippen molar-refractivity contribution in [3.63, 3.8) is 0 Å². The number of aryl methyl sites for hydroxylation is 1. The molecule has 0 spiro atoms. The number of aromatic nitrogens is 3. The van der Waals surface area contributed by atoms with Crippen LogP contribution < -0.4 is 5.32 Å². The minimum Gasteiger partial charge on any atom is -0.363 e. The van der Waals surface area contributed by atoms with Crippen molar-refractivity contribution in [1.29, 1.82) is 0 Å². The summed E-state index contributed by atoms with van der Waals surface area (Å²) in [7, 11) is 0. The number of hydrogen-bond acceptors (Lipinski definition) is 5. The van der Waals surface area contributed by atoms with Gasteiger partial charge < -0.3 is 5.32 Å². The van der Waals surface area contributed by atoms with E-state index in [0.717, 1.165) is 28.5 Å². The Morgan fingerprint density at radius 3 is 2.88 bits per heavy atom. The normalized spacial score (nSPS) is 10.5. The van der Waals surface area contributed by atoms with Gasteiger partial charge in [0.2, 0.25) is 0 Å². The van der Waals surface area contributed by atoms with Crippen LogP contribution in [0, 0.1) is 6.92 Å². The maximum Gasteiger partial charge on any atom is 0.137 e. The van der Waals surface area contributed by atoms with Gasteiger partial charge >= 0.3 is 0 Å². The predicted molar refractivity (Wildman–Crippen MR) is 70.6 cm³/mol.